The summed E-state index contributed by atoms with van der Waals surface area (Å²) < 4.78 is 5.41. The molecule has 1 atom stereocenters. The molecule has 1 aromatic heterocycles. The molecular weight excluding hydrogens is 426 g/mol. The Labute approximate surface area is 189 Å². The maximum atomic E-state index is 13.1. The summed E-state index contributed by atoms with van der Waals surface area (Å²) in [6, 6.07) is 14.3. The van der Waals surface area contributed by atoms with Gasteiger partial charge in [-0.05, 0) is 5.56 Å². The molecule has 33 heavy (non-hydrogen) atoms. The smallest absolute Gasteiger partial charge is 0.301 e. The molecule has 0 radical (unpaired) electrons. The maximum Gasteiger partial charge on any atom is 0.301 e. The highest BCUT2D eigenvalue weighted by molar-refractivity contribution is 6.51. The summed E-state index contributed by atoms with van der Waals surface area (Å²) in [5, 5.41) is 26.4. The first kappa shape index (κ1) is 21.9. The van der Waals surface area contributed by atoms with Gasteiger partial charge in [-0.2, -0.15) is 0 Å². The third-order valence-electron chi connectivity index (χ3n) is 5.37. The first-order valence-electron chi connectivity index (χ1n) is 10.2. The van der Waals surface area contributed by atoms with Gasteiger partial charge < -0.3 is 9.63 Å². The fraction of sp³-hybridized carbons (Fsp3) is 0.208. The number of hydrogen-bond donors (Lipinski definition) is 1. The normalized spacial score (nSPS) is 18.0. The van der Waals surface area contributed by atoms with Gasteiger partial charge in [-0.15, -0.1) is 0 Å². The van der Waals surface area contributed by atoms with Crippen LogP contribution in [0.3, 0.4) is 0 Å². The Kier molecular flexibility index (Phi) is 5.33. The van der Waals surface area contributed by atoms with E-state index in [1.807, 2.05) is 20.8 Å². The van der Waals surface area contributed by atoms with Crippen LogP contribution in [-0.2, 0) is 15.0 Å². The highest BCUT2D eigenvalue weighted by atomic mass is 16.6. The summed E-state index contributed by atoms with van der Waals surface area (Å²) in [5.41, 5.74) is -0.202. The van der Waals surface area contributed by atoms with Crippen LogP contribution in [0.1, 0.15) is 43.7 Å². The van der Waals surface area contributed by atoms with Gasteiger partial charge in [-0.3, -0.25) is 24.6 Å². The number of nitro groups is 1. The van der Waals surface area contributed by atoms with Crippen LogP contribution in [0.2, 0.25) is 0 Å². The van der Waals surface area contributed by atoms with Gasteiger partial charge in [0.2, 0.25) is 0 Å². The largest absolute Gasteiger partial charge is 0.507 e. The van der Waals surface area contributed by atoms with Crippen molar-refractivity contribution in [2.45, 2.75) is 32.2 Å². The van der Waals surface area contributed by atoms with Gasteiger partial charge in [-0.1, -0.05) is 68.4 Å². The van der Waals surface area contributed by atoms with Gasteiger partial charge in [0, 0.05) is 29.2 Å². The average Bonchev–Trinajstić information content (AvgIpc) is 3.37. The Morgan fingerprint density at radius 1 is 1.09 bits per heavy atom. The first-order chi connectivity index (χ1) is 15.6. The molecule has 1 aliphatic rings. The van der Waals surface area contributed by atoms with E-state index in [1.54, 1.807) is 42.5 Å². The topological polar surface area (TPSA) is 127 Å². The van der Waals surface area contributed by atoms with Crippen LogP contribution >= 0.6 is 0 Å². The zero-order valence-corrected chi connectivity index (χ0v) is 18.2. The summed E-state index contributed by atoms with van der Waals surface area (Å²) >= 11 is 0. The van der Waals surface area contributed by atoms with Gasteiger partial charge >= 0.3 is 5.91 Å². The van der Waals surface area contributed by atoms with Crippen molar-refractivity contribution in [2.24, 2.45) is 0 Å². The Bertz CT molecular complexity index is 1290. The quantitative estimate of drug-likeness (QED) is 0.205. The lowest BCUT2D eigenvalue weighted by Crippen LogP contribution is -2.29. The number of carbonyl (C=O) groups is 2. The predicted molar refractivity (Wildman–Crippen MR) is 120 cm³/mol. The van der Waals surface area contributed by atoms with E-state index in [9.17, 15) is 24.8 Å². The second kappa shape index (κ2) is 8.01. The van der Waals surface area contributed by atoms with Gasteiger partial charge in [0.15, 0.2) is 5.82 Å². The lowest BCUT2D eigenvalue weighted by molar-refractivity contribution is -0.384. The van der Waals surface area contributed by atoms with Crippen LogP contribution in [0, 0.1) is 10.1 Å². The highest BCUT2D eigenvalue weighted by Crippen LogP contribution is 2.43. The monoisotopic (exact) mass is 447 g/mol. The number of amides is 1. The molecular formula is C24H21N3O6. The average molecular weight is 447 g/mol. The molecule has 9 nitrogen and oxygen atoms in total. The molecule has 0 saturated carbocycles. The third-order valence-corrected chi connectivity index (χ3v) is 5.37. The molecule has 2 aromatic carbocycles. The number of aliphatic hydroxyl groups excluding tert-OH is 1. The molecule has 0 bridgehead atoms. The molecule has 9 heteroatoms. The minimum atomic E-state index is -1.14. The van der Waals surface area contributed by atoms with E-state index < -0.39 is 28.1 Å². The minimum absolute atomic E-state index is 0.0747. The number of carbonyl (C=O) groups excluding carboxylic acids is 2. The molecule has 4 rings (SSSR count). The summed E-state index contributed by atoms with van der Waals surface area (Å²) in [6.07, 6.45) is 0. The van der Waals surface area contributed by atoms with E-state index in [4.69, 9.17) is 4.52 Å². The number of Topliss-reactive ketones (excluding diaryl/α,β-unsaturated/α-hetero) is 1. The summed E-state index contributed by atoms with van der Waals surface area (Å²) in [4.78, 5) is 38.1. The summed E-state index contributed by atoms with van der Waals surface area (Å²) in [6.45, 7) is 5.70. The molecule has 3 aromatic rings. The van der Waals surface area contributed by atoms with Crippen molar-refractivity contribution in [3.8, 4) is 0 Å². The number of aliphatic hydroxyl groups is 1. The number of rotatable bonds is 4. The zero-order chi connectivity index (χ0) is 23.9. The van der Waals surface area contributed by atoms with E-state index >= 15 is 0 Å². The van der Waals surface area contributed by atoms with Crippen LogP contribution in [0.4, 0.5) is 11.5 Å². The molecule has 0 spiro atoms. The molecule has 168 valence electrons. The molecule has 1 fully saturated rings. The standard InChI is InChI=1S/C24H21N3O6/c1-24(2,3)17-13-18(25-33-17)26-20(15-10-7-11-16(12-15)27(31)32)19(22(29)23(26)30)21(28)14-8-5-4-6-9-14/h4-13,20,28H,1-3H3/t20-/m1/s1. The van der Waals surface area contributed by atoms with Crippen LogP contribution in [0.15, 0.2) is 70.8 Å². The van der Waals surface area contributed by atoms with E-state index in [0.29, 0.717) is 11.3 Å². The number of ketones is 1. The second-order valence-electron chi connectivity index (χ2n) is 8.69. The minimum Gasteiger partial charge on any atom is -0.507 e. The number of hydrogen-bond acceptors (Lipinski definition) is 7. The van der Waals surface area contributed by atoms with Crippen molar-refractivity contribution < 1.29 is 24.1 Å². The van der Waals surface area contributed by atoms with E-state index in [1.165, 1.54) is 18.2 Å². The molecule has 0 aliphatic carbocycles. The zero-order valence-electron chi connectivity index (χ0n) is 18.2. The maximum absolute atomic E-state index is 13.1. The van der Waals surface area contributed by atoms with Crippen molar-refractivity contribution in [3.05, 3.63) is 93.2 Å². The number of nitrogens with zero attached hydrogens (tertiary/aromatic N) is 3. The predicted octanol–water partition coefficient (Wildman–Crippen LogP) is 4.51. The Hall–Kier alpha value is -4.27. The SMILES string of the molecule is CC(C)(C)c1cc(N2C(=O)C(=O)C(=C(O)c3ccccc3)[C@H]2c2cccc([N+](=O)[O-])c2)no1. The first-order valence-corrected chi connectivity index (χ1v) is 10.2. The summed E-state index contributed by atoms with van der Waals surface area (Å²) in [7, 11) is 0. The molecule has 1 N–H and O–H groups in total. The van der Waals surface area contributed by atoms with Crippen LogP contribution in [0.25, 0.3) is 5.76 Å². The number of aromatic nitrogens is 1. The van der Waals surface area contributed by atoms with E-state index in [-0.39, 0.29) is 28.4 Å². The van der Waals surface area contributed by atoms with Gasteiger partial charge in [0.05, 0.1) is 16.5 Å². The molecule has 1 amide bonds. The number of benzene rings is 2. The Balaban J connectivity index is 1.95. The van der Waals surface area contributed by atoms with E-state index in [2.05, 4.69) is 5.16 Å². The van der Waals surface area contributed by atoms with E-state index in [0.717, 1.165) is 4.90 Å². The van der Waals surface area contributed by atoms with Gasteiger partial charge in [-0.25, -0.2) is 0 Å². The number of anilines is 1. The van der Waals surface area contributed by atoms with Gasteiger partial charge in [0.1, 0.15) is 11.5 Å². The lowest BCUT2D eigenvalue weighted by atomic mass is 9.93. The Morgan fingerprint density at radius 3 is 2.39 bits per heavy atom. The van der Waals surface area contributed by atoms with Crippen molar-refractivity contribution in [1.82, 2.24) is 5.16 Å². The van der Waals surface area contributed by atoms with Gasteiger partial charge in [0.25, 0.3) is 11.5 Å². The van der Waals surface area contributed by atoms with Crippen molar-refractivity contribution >= 4 is 29.0 Å². The second-order valence-corrected chi connectivity index (χ2v) is 8.69. The third kappa shape index (κ3) is 3.89. The van der Waals surface area contributed by atoms with Crippen molar-refractivity contribution in [2.75, 3.05) is 4.90 Å². The molecule has 1 saturated heterocycles. The van der Waals surface area contributed by atoms with Crippen LogP contribution < -0.4 is 4.90 Å². The highest BCUT2D eigenvalue weighted by Gasteiger charge is 2.48. The fourth-order valence-corrected chi connectivity index (χ4v) is 3.68. The van der Waals surface area contributed by atoms with Crippen molar-refractivity contribution in [1.29, 1.82) is 0 Å². The van der Waals surface area contributed by atoms with Crippen molar-refractivity contribution in [3.63, 3.8) is 0 Å². The molecule has 1 aliphatic heterocycles. The molecule has 0 unspecified atom stereocenters. The number of non-ortho nitro benzene ring substituents is 1. The lowest BCUT2D eigenvalue weighted by Gasteiger charge is -2.22. The molecule has 2 heterocycles. The van der Waals surface area contributed by atoms with Crippen LogP contribution in [0.5, 0.6) is 0 Å². The Morgan fingerprint density at radius 2 is 1.79 bits per heavy atom. The fourth-order valence-electron chi connectivity index (χ4n) is 3.68. The summed E-state index contributed by atoms with van der Waals surface area (Å²) in [5.74, 6) is -1.66. The van der Waals surface area contributed by atoms with Crippen LogP contribution in [-0.4, -0.2) is 26.9 Å². The number of nitro benzene ring substituents is 1.